The van der Waals surface area contributed by atoms with E-state index in [-0.39, 0.29) is 7.12 Å². The number of rotatable bonds is 1. The second-order valence-corrected chi connectivity index (χ2v) is 3.76. The molecule has 0 aliphatic carbocycles. The van der Waals surface area contributed by atoms with Crippen LogP contribution in [0.5, 0.6) is 0 Å². The lowest BCUT2D eigenvalue weighted by atomic mass is 9.72. The Morgan fingerprint density at radius 3 is 2.45 bits per heavy atom. The van der Waals surface area contributed by atoms with Crippen molar-refractivity contribution in [3.05, 3.63) is 0 Å². The van der Waals surface area contributed by atoms with E-state index in [0.717, 1.165) is 6.61 Å². The summed E-state index contributed by atoms with van der Waals surface area (Å²) in [5, 5.41) is 0. The van der Waals surface area contributed by atoms with Gasteiger partial charge in [-0.1, -0.05) is 20.8 Å². The molecule has 1 saturated heterocycles. The molecule has 0 N–H and O–H groups in total. The topological polar surface area (TPSA) is 18.5 Å². The molecule has 0 radical (unpaired) electrons. The molecule has 0 saturated carbocycles. The van der Waals surface area contributed by atoms with Gasteiger partial charge in [0.15, 0.2) is 0 Å². The Labute approximate surface area is 69.4 Å². The Balaban J connectivity index is 2.40. The first kappa shape index (κ1) is 9.08. The lowest BCUT2D eigenvalue weighted by molar-refractivity contribution is 0.0278. The van der Waals surface area contributed by atoms with Crippen LogP contribution < -0.4 is 0 Å². The smallest absolute Gasteiger partial charge is 0.411 e. The van der Waals surface area contributed by atoms with E-state index in [1.807, 2.05) is 0 Å². The van der Waals surface area contributed by atoms with E-state index < -0.39 is 0 Å². The fourth-order valence-corrected chi connectivity index (χ4v) is 1.12. The van der Waals surface area contributed by atoms with Gasteiger partial charge in [-0.25, -0.2) is 0 Å². The van der Waals surface area contributed by atoms with Gasteiger partial charge in [-0.2, -0.15) is 0 Å². The molecule has 0 aromatic rings. The van der Waals surface area contributed by atoms with Crippen LogP contribution in [0.2, 0.25) is 5.82 Å². The zero-order chi connectivity index (χ0) is 8.43. The minimum absolute atomic E-state index is 0.0150. The predicted octanol–water partition coefficient (Wildman–Crippen LogP) is 1.96. The maximum atomic E-state index is 5.64. The van der Waals surface area contributed by atoms with Crippen LogP contribution >= 0.6 is 0 Å². The molecule has 2 atom stereocenters. The van der Waals surface area contributed by atoms with Crippen LogP contribution in [-0.4, -0.2) is 19.8 Å². The monoisotopic (exact) mass is 156 g/mol. The Kier molecular flexibility index (Phi) is 2.96. The summed E-state index contributed by atoms with van der Waals surface area (Å²) < 4.78 is 11.1. The van der Waals surface area contributed by atoms with Gasteiger partial charge in [0, 0.05) is 18.6 Å². The highest BCUT2D eigenvalue weighted by Crippen LogP contribution is 2.21. The highest BCUT2D eigenvalue weighted by atomic mass is 16.6. The highest BCUT2D eigenvalue weighted by molar-refractivity contribution is 6.46. The Bertz CT molecular complexity index is 127. The molecule has 1 aliphatic heterocycles. The van der Waals surface area contributed by atoms with Gasteiger partial charge in [-0.3, -0.25) is 0 Å². The van der Waals surface area contributed by atoms with Crippen molar-refractivity contribution in [3.8, 4) is 0 Å². The minimum Gasteiger partial charge on any atom is -0.411 e. The van der Waals surface area contributed by atoms with Gasteiger partial charge in [0.05, 0.1) is 0 Å². The maximum Gasteiger partial charge on any atom is 0.459 e. The van der Waals surface area contributed by atoms with Crippen LogP contribution in [0.4, 0.5) is 0 Å². The first-order valence-corrected chi connectivity index (χ1v) is 4.38. The van der Waals surface area contributed by atoms with E-state index >= 15 is 0 Å². The van der Waals surface area contributed by atoms with Crippen LogP contribution in [0.15, 0.2) is 0 Å². The molecular formula is C8H17BO2. The zero-order valence-electron chi connectivity index (χ0n) is 7.83. The number of hydrogen-bond donors (Lipinski definition) is 0. The molecule has 0 spiro atoms. The summed E-state index contributed by atoms with van der Waals surface area (Å²) in [6.07, 6.45) is 0.344. The molecule has 64 valence electrons. The molecule has 0 bridgehead atoms. The third-order valence-electron chi connectivity index (χ3n) is 2.22. The molecule has 1 heterocycles. The normalized spacial score (nSPS) is 33.0. The molecule has 1 fully saturated rings. The summed E-state index contributed by atoms with van der Waals surface area (Å²) in [5.74, 6) is 0.995. The molecule has 1 aliphatic rings. The van der Waals surface area contributed by atoms with E-state index in [1.165, 1.54) is 0 Å². The molecule has 11 heavy (non-hydrogen) atoms. The summed E-state index contributed by atoms with van der Waals surface area (Å²) in [6, 6.07) is 0. The van der Waals surface area contributed by atoms with Crippen LogP contribution in [0.3, 0.4) is 0 Å². The van der Waals surface area contributed by atoms with Crippen molar-refractivity contribution in [2.75, 3.05) is 6.61 Å². The predicted molar refractivity (Wildman–Crippen MR) is 46.5 cm³/mol. The summed E-state index contributed by atoms with van der Waals surface area (Å²) in [5.41, 5.74) is 0. The summed E-state index contributed by atoms with van der Waals surface area (Å²) >= 11 is 0. The van der Waals surface area contributed by atoms with E-state index in [4.69, 9.17) is 9.31 Å². The van der Waals surface area contributed by atoms with Crippen molar-refractivity contribution in [3.63, 3.8) is 0 Å². The van der Waals surface area contributed by atoms with Gasteiger partial charge in [-0.05, 0) is 12.7 Å². The van der Waals surface area contributed by atoms with E-state index in [1.54, 1.807) is 0 Å². The van der Waals surface area contributed by atoms with Crippen LogP contribution in [0.1, 0.15) is 27.7 Å². The molecule has 0 amide bonds. The summed E-state index contributed by atoms with van der Waals surface area (Å²) in [4.78, 5) is 0. The molecule has 0 unspecified atom stereocenters. The van der Waals surface area contributed by atoms with Gasteiger partial charge in [-0.15, -0.1) is 0 Å². The van der Waals surface area contributed by atoms with E-state index in [0.29, 0.717) is 17.8 Å². The Morgan fingerprint density at radius 2 is 2.00 bits per heavy atom. The van der Waals surface area contributed by atoms with Crippen molar-refractivity contribution in [1.29, 1.82) is 0 Å². The van der Waals surface area contributed by atoms with Crippen LogP contribution in [-0.2, 0) is 9.31 Å². The van der Waals surface area contributed by atoms with Gasteiger partial charge >= 0.3 is 7.12 Å². The fraction of sp³-hybridized carbons (Fsp3) is 1.00. The quantitative estimate of drug-likeness (QED) is 0.540. The molecule has 0 aromatic heterocycles. The highest BCUT2D eigenvalue weighted by Gasteiger charge is 2.32. The molecule has 3 heteroatoms. The second-order valence-electron chi connectivity index (χ2n) is 3.76. The van der Waals surface area contributed by atoms with E-state index in [2.05, 4.69) is 27.7 Å². The third kappa shape index (κ3) is 2.21. The lowest BCUT2D eigenvalue weighted by Crippen LogP contribution is -2.41. The van der Waals surface area contributed by atoms with Crippen LogP contribution in [0.25, 0.3) is 0 Å². The average molecular weight is 156 g/mol. The standard InChI is InChI=1S/C8H17BO2/c1-6(2)9-10-5-7(3)8(4)11-9/h6-8H,5H2,1-4H3/t7-,8+/m1/s1. The van der Waals surface area contributed by atoms with Crippen molar-refractivity contribution >= 4 is 7.12 Å². The van der Waals surface area contributed by atoms with Crippen molar-refractivity contribution in [1.82, 2.24) is 0 Å². The zero-order valence-corrected chi connectivity index (χ0v) is 7.83. The molecule has 1 rings (SSSR count). The van der Waals surface area contributed by atoms with Gasteiger partial charge in [0.1, 0.15) is 0 Å². The Morgan fingerprint density at radius 1 is 1.36 bits per heavy atom. The second kappa shape index (κ2) is 3.59. The molecular weight excluding hydrogens is 139 g/mol. The SMILES string of the molecule is CC(C)B1OC[C@@H](C)[C@H](C)O1. The molecule has 0 aromatic carbocycles. The van der Waals surface area contributed by atoms with Gasteiger partial charge < -0.3 is 9.31 Å². The van der Waals surface area contributed by atoms with Crippen molar-refractivity contribution in [2.45, 2.75) is 39.6 Å². The maximum absolute atomic E-state index is 5.64. The third-order valence-corrected chi connectivity index (χ3v) is 2.22. The van der Waals surface area contributed by atoms with E-state index in [9.17, 15) is 0 Å². The van der Waals surface area contributed by atoms with Gasteiger partial charge in [0.25, 0.3) is 0 Å². The van der Waals surface area contributed by atoms with Crippen LogP contribution in [0, 0.1) is 5.92 Å². The Hall–Kier alpha value is -0.0151. The molecule has 2 nitrogen and oxygen atoms in total. The first-order chi connectivity index (χ1) is 5.11. The minimum atomic E-state index is 0.0150. The fourth-order valence-electron chi connectivity index (χ4n) is 1.12. The number of hydrogen-bond acceptors (Lipinski definition) is 2. The first-order valence-electron chi connectivity index (χ1n) is 4.38. The average Bonchev–Trinajstić information content (AvgIpc) is 1.94. The lowest BCUT2D eigenvalue weighted by Gasteiger charge is -2.32. The van der Waals surface area contributed by atoms with Gasteiger partial charge in [0.2, 0.25) is 0 Å². The summed E-state index contributed by atoms with van der Waals surface area (Å²) in [7, 11) is 0.0150. The van der Waals surface area contributed by atoms with Crippen molar-refractivity contribution < 1.29 is 9.31 Å². The van der Waals surface area contributed by atoms with Crippen molar-refractivity contribution in [2.24, 2.45) is 5.92 Å². The largest absolute Gasteiger partial charge is 0.459 e. The summed E-state index contributed by atoms with van der Waals surface area (Å²) in [6.45, 7) is 9.34.